The molecule has 0 aliphatic rings. The van der Waals surface area contributed by atoms with E-state index in [-0.39, 0.29) is 0 Å². The minimum Gasteiger partial charge on any atom is -0.493 e. The second-order valence-electron chi connectivity index (χ2n) is 7.42. The highest BCUT2D eigenvalue weighted by Crippen LogP contribution is 2.35. The molecular formula is C23H23N7O2S. The Bertz CT molecular complexity index is 1400. The third-order valence-electron chi connectivity index (χ3n) is 5.19. The van der Waals surface area contributed by atoms with Crippen molar-refractivity contribution in [3.05, 3.63) is 55.2 Å². The molecule has 0 atom stereocenters. The van der Waals surface area contributed by atoms with Crippen LogP contribution >= 0.6 is 11.8 Å². The molecule has 5 aromatic rings. The van der Waals surface area contributed by atoms with Crippen LogP contribution in [0.1, 0.15) is 6.42 Å². The molecule has 168 valence electrons. The number of nitrogens with one attached hydrogen (secondary N) is 2. The monoisotopic (exact) mass is 461 g/mol. The van der Waals surface area contributed by atoms with Gasteiger partial charge >= 0.3 is 0 Å². The number of aromatic nitrogens is 6. The molecule has 33 heavy (non-hydrogen) atoms. The third kappa shape index (κ3) is 4.56. The lowest BCUT2D eigenvalue weighted by atomic mass is 10.2. The Hall–Kier alpha value is -3.79. The highest BCUT2D eigenvalue weighted by Gasteiger charge is 2.12. The smallest absolute Gasteiger partial charge is 0.190 e. The average molecular weight is 462 g/mol. The number of aromatic amines is 1. The summed E-state index contributed by atoms with van der Waals surface area (Å²) in [6.07, 6.45) is 6.03. The molecule has 9 nitrogen and oxygen atoms in total. The molecule has 2 N–H and O–H groups in total. The van der Waals surface area contributed by atoms with Gasteiger partial charge < -0.3 is 24.3 Å². The van der Waals surface area contributed by atoms with Gasteiger partial charge in [-0.3, -0.25) is 0 Å². The maximum atomic E-state index is 6.02. The number of benzene rings is 2. The van der Waals surface area contributed by atoms with E-state index in [0.29, 0.717) is 23.9 Å². The largest absolute Gasteiger partial charge is 0.493 e. The molecule has 0 fully saturated rings. The molecule has 10 heteroatoms. The predicted molar refractivity (Wildman–Crippen MR) is 130 cm³/mol. The first-order valence-corrected chi connectivity index (χ1v) is 11.5. The van der Waals surface area contributed by atoms with Crippen LogP contribution in [0, 0.1) is 0 Å². The van der Waals surface area contributed by atoms with Gasteiger partial charge in [-0.1, -0.05) is 17.8 Å². The van der Waals surface area contributed by atoms with Crippen molar-refractivity contribution in [2.75, 3.05) is 24.8 Å². The summed E-state index contributed by atoms with van der Waals surface area (Å²) in [4.78, 5) is 12.1. The molecule has 0 bridgehead atoms. The van der Waals surface area contributed by atoms with Gasteiger partial charge in [0, 0.05) is 41.7 Å². The minimum absolute atomic E-state index is 0.555. The summed E-state index contributed by atoms with van der Waals surface area (Å²) < 4.78 is 13.5. The highest BCUT2D eigenvalue weighted by molar-refractivity contribution is 7.99. The van der Waals surface area contributed by atoms with Gasteiger partial charge in [0.1, 0.15) is 18.5 Å². The van der Waals surface area contributed by atoms with Crippen LogP contribution in [0.25, 0.3) is 21.8 Å². The number of anilines is 2. The van der Waals surface area contributed by atoms with Gasteiger partial charge in [-0.05, 0) is 36.1 Å². The molecule has 0 aliphatic carbocycles. The van der Waals surface area contributed by atoms with Crippen LogP contribution in [0.15, 0.2) is 60.4 Å². The number of hydrogen-bond donors (Lipinski definition) is 2. The van der Waals surface area contributed by atoms with Crippen LogP contribution in [0.3, 0.4) is 0 Å². The van der Waals surface area contributed by atoms with Crippen LogP contribution < -0.4 is 14.8 Å². The van der Waals surface area contributed by atoms with Crippen molar-refractivity contribution in [3.8, 4) is 11.5 Å². The van der Waals surface area contributed by atoms with E-state index in [0.717, 1.165) is 44.8 Å². The molecule has 0 saturated heterocycles. The van der Waals surface area contributed by atoms with E-state index in [1.54, 1.807) is 31.5 Å². The molecular weight excluding hydrogens is 438 g/mol. The summed E-state index contributed by atoms with van der Waals surface area (Å²) in [6.45, 7) is 0.555. The molecule has 0 spiro atoms. The summed E-state index contributed by atoms with van der Waals surface area (Å²) in [6, 6.07) is 12.0. The normalized spacial score (nSPS) is 11.2. The first kappa shape index (κ1) is 21.1. The lowest BCUT2D eigenvalue weighted by Gasteiger charge is -2.14. The van der Waals surface area contributed by atoms with E-state index in [9.17, 15) is 0 Å². The molecule has 0 unspecified atom stereocenters. The zero-order valence-electron chi connectivity index (χ0n) is 18.3. The molecule has 0 aliphatic heterocycles. The Morgan fingerprint density at radius 2 is 2.06 bits per heavy atom. The summed E-state index contributed by atoms with van der Waals surface area (Å²) in [5.74, 6) is 2.88. The SMILES string of the molecule is COc1cc2c(Nc3ccc4cc[nH]c4c3)ncnc2cc1OCCCSc1nncn1C. The molecule has 5 rings (SSSR count). The topological polar surface area (TPSA) is 103 Å². The van der Waals surface area contributed by atoms with Crippen LogP contribution in [0.5, 0.6) is 11.5 Å². The van der Waals surface area contributed by atoms with Crippen LogP contribution in [-0.2, 0) is 7.05 Å². The first-order valence-electron chi connectivity index (χ1n) is 10.5. The van der Waals surface area contributed by atoms with Crippen molar-refractivity contribution >= 4 is 45.1 Å². The van der Waals surface area contributed by atoms with E-state index in [4.69, 9.17) is 9.47 Å². The van der Waals surface area contributed by atoms with Crippen molar-refractivity contribution in [2.24, 2.45) is 7.05 Å². The Kier molecular flexibility index (Phi) is 5.99. The van der Waals surface area contributed by atoms with Gasteiger partial charge in [0.05, 0.1) is 19.2 Å². The highest BCUT2D eigenvalue weighted by atomic mass is 32.2. The summed E-state index contributed by atoms with van der Waals surface area (Å²) in [5, 5.41) is 14.3. The fourth-order valence-electron chi connectivity index (χ4n) is 3.51. The summed E-state index contributed by atoms with van der Waals surface area (Å²) >= 11 is 1.65. The number of hydrogen-bond acceptors (Lipinski definition) is 8. The fourth-order valence-corrected chi connectivity index (χ4v) is 4.31. The maximum absolute atomic E-state index is 6.02. The van der Waals surface area contributed by atoms with E-state index in [1.165, 1.54) is 0 Å². The zero-order chi connectivity index (χ0) is 22.6. The molecule has 0 amide bonds. The number of thioether (sulfide) groups is 1. The molecule has 3 heterocycles. The number of rotatable bonds is 9. The number of methoxy groups -OCH3 is 1. The standard InChI is InChI=1S/C23H23N7O2S/c1-30-14-27-29-23(30)33-9-3-8-32-21-12-19-17(11-20(21)31-2)22(26-13-25-19)28-16-5-4-15-6-7-24-18(15)10-16/h4-7,10-14,24H,3,8-9H2,1-2H3,(H,25,26,28). The minimum atomic E-state index is 0.555. The third-order valence-corrected chi connectivity index (χ3v) is 6.31. The average Bonchev–Trinajstić information content (AvgIpc) is 3.47. The van der Waals surface area contributed by atoms with E-state index >= 15 is 0 Å². The van der Waals surface area contributed by atoms with Gasteiger partial charge in [-0.2, -0.15) is 0 Å². The molecule has 2 aromatic carbocycles. The lowest BCUT2D eigenvalue weighted by molar-refractivity contribution is 0.296. The number of ether oxygens (including phenoxy) is 2. The second-order valence-corrected chi connectivity index (χ2v) is 8.48. The van der Waals surface area contributed by atoms with Crippen LogP contribution in [-0.4, -0.2) is 49.2 Å². The van der Waals surface area contributed by atoms with Crippen molar-refractivity contribution in [1.29, 1.82) is 0 Å². The zero-order valence-corrected chi connectivity index (χ0v) is 19.1. The van der Waals surface area contributed by atoms with Gasteiger partial charge in [-0.25, -0.2) is 9.97 Å². The second kappa shape index (κ2) is 9.37. The number of fused-ring (bicyclic) bond motifs is 2. The number of H-pyrrole nitrogens is 1. The number of aryl methyl sites for hydroxylation is 1. The van der Waals surface area contributed by atoms with E-state index < -0.39 is 0 Å². The van der Waals surface area contributed by atoms with Crippen LogP contribution in [0.2, 0.25) is 0 Å². The van der Waals surface area contributed by atoms with Gasteiger partial charge in [0.15, 0.2) is 16.7 Å². The fraction of sp³-hybridized carbons (Fsp3) is 0.217. The van der Waals surface area contributed by atoms with Gasteiger partial charge in [0.25, 0.3) is 0 Å². The summed E-state index contributed by atoms with van der Waals surface area (Å²) in [7, 11) is 3.57. The molecule has 3 aromatic heterocycles. The van der Waals surface area contributed by atoms with Crippen LogP contribution in [0.4, 0.5) is 11.5 Å². The molecule has 0 saturated carbocycles. The quantitative estimate of drug-likeness (QED) is 0.243. The van der Waals surface area contributed by atoms with Gasteiger partial charge in [-0.15, -0.1) is 10.2 Å². The van der Waals surface area contributed by atoms with Gasteiger partial charge in [0.2, 0.25) is 0 Å². The Morgan fingerprint density at radius 3 is 2.91 bits per heavy atom. The van der Waals surface area contributed by atoms with E-state index in [2.05, 4.69) is 42.6 Å². The van der Waals surface area contributed by atoms with Crippen molar-refractivity contribution in [1.82, 2.24) is 29.7 Å². The lowest BCUT2D eigenvalue weighted by Crippen LogP contribution is -2.02. The Labute approximate surface area is 194 Å². The maximum Gasteiger partial charge on any atom is 0.190 e. The predicted octanol–water partition coefficient (Wildman–Crippen LogP) is 4.55. The van der Waals surface area contributed by atoms with E-state index in [1.807, 2.05) is 42.1 Å². The molecule has 0 radical (unpaired) electrons. The first-order chi connectivity index (χ1) is 16.2. The Balaban J connectivity index is 1.30. The number of nitrogens with zero attached hydrogens (tertiary/aromatic N) is 5. The Morgan fingerprint density at radius 1 is 1.12 bits per heavy atom. The van der Waals surface area contributed by atoms with Crippen molar-refractivity contribution in [2.45, 2.75) is 11.6 Å². The van der Waals surface area contributed by atoms with Crippen molar-refractivity contribution in [3.63, 3.8) is 0 Å². The summed E-state index contributed by atoms with van der Waals surface area (Å²) in [5.41, 5.74) is 2.77. The van der Waals surface area contributed by atoms with Crippen molar-refractivity contribution < 1.29 is 9.47 Å².